The third kappa shape index (κ3) is 4.69. The third-order valence-electron chi connectivity index (χ3n) is 6.22. The zero-order valence-corrected chi connectivity index (χ0v) is 14.9. The van der Waals surface area contributed by atoms with Crippen LogP contribution in [0.25, 0.3) is 0 Å². The van der Waals surface area contributed by atoms with Gasteiger partial charge in [0.2, 0.25) is 0 Å². The molecule has 1 aliphatic heterocycles. The fourth-order valence-corrected chi connectivity index (χ4v) is 4.79. The molecule has 0 spiro atoms. The lowest BCUT2D eigenvalue weighted by atomic mass is 9.76. The van der Waals surface area contributed by atoms with Crippen molar-refractivity contribution in [1.82, 2.24) is 4.90 Å². The van der Waals surface area contributed by atoms with E-state index in [1.807, 2.05) is 0 Å². The van der Waals surface area contributed by atoms with E-state index in [1.165, 1.54) is 58.0 Å². The van der Waals surface area contributed by atoms with Crippen molar-refractivity contribution in [3.63, 3.8) is 0 Å². The molecule has 2 nitrogen and oxygen atoms in total. The minimum Gasteiger partial charge on any atom is -0.329 e. The standard InChI is InChI=1S/C19H38N2/c1-15-7-5-8-16(13-15)18(14-20)21-11-6-9-17(10-12-21)19(2,3)4/h15-18H,5-14,20H2,1-4H3. The molecule has 0 amide bonds. The van der Waals surface area contributed by atoms with Crippen molar-refractivity contribution >= 4 is 0 Å². The molecule has 0 aromatic carbocycles. The van der Waals surface area contributed by atoms with E-state index < -0.39 is 0 Å². The van der Waals surface area contributed by atoms with Crippen molar-refractivity contribution < 1.29 is 0 Å². The molecule has 1 saturated heterocycles. The minimum atomic E-state index is 0.466. The smallest absolute Gasteiger partial charge is 0.0246 e. The van der Waals surface area contributed by atoms with Gasteiger partial charge in [0.15, 0.2) is 0 Å². The van der Waals surface area contributed by atoms with Gasteiger partial charge in [-0.2, -0.15) is 0 Å². The second kappa shape index (κ2) is 7.46. The van der Waals surface area contributed by atoms with E-state index in [1.54, 1.807) is 0 Å². The van der Waals surface area contributed by atoms with E-state index in [-0.39, 0.29) is 0 Å². The van der Waals surface area contributed by atoms with E-state index in [9.17, 15) is 0 Å². The Hall–Kier alpha value is -0.0800. The van der Waals surface area contributed by atoms with Crippen molar-refractivity contribution in [2.24, 2.45) is 28.9 Å². The lowest BCUT2D eigenvalue weighted by Crippen LogP contribution is -2.47. The summed E-state index contributed by atoms with van der Waals surface area (Å²) < 4.78 is 0. The Labute approximate surface area is 132 Å². The summed E-state index contributed by atoms with van der Waals surface area (Å²) in [6.07, 6.45) is 9.79. The fraction of sp³-hybridized carbons (Fsp3) is 1.00. The zero-order chi connectivity index (χ0) is 15.5. The summed E-state index contributed by atoms with van der Waals surface area (Å²) in [7, 11) is 0. The molecule has 0 bridgehead atoms. The van der Waals surface area contributed by atoms with Gasteiger partial charge in [0, 0.05) is 12.6 Å². The highest BCUT2D eigenvalue weighted by Crippen LogP contribution is 2.37. The third-order valence-corrected chi connectivity index (χ3v) is 6.22. The van der Waals surface area contributed by atoms with Crippen LogP contribution in [0, 0.1) is 23.2 Å². The van der Waals surface area contributed by atoms with Gasteiger partial charge in [-0.1, -0.05) is 40.5 Å². The molecule has 0 radical (unpaired) electrons. The van der Waals surface area contributed by atoms with Crippen molar-refractivity contribution in [1.29, 1.82) is 0 Å². The highest BCUT2D eigenvalue weighted by Gasteiger charge is 2.33. The van der Waals surface area contributed by atoms with Crippen LogP contribution in [-0.4, -0.2) is 30.6 Å². The molecule has 1 saturated carbocycles. The molecule has 2 fully saturated rings. The first-order chi connectivity index (χ1) is 9.91. The lowest BCUT2D eigenvalue weighted by Gasteiger charge is -2.39. The zero-order valence-electron chi connectivity index (χ0n) is 14.9. The predicted molar refractivity (Wildman–Crippen MR) is 92.3 cm³/mol. The van der Waals surface area contributed by atoms with Crippen LogP contribution in [0.4, 0.5) is 0 Å². The van der Waals surface area contributed by atoms with Crippen LogP contribution in [0.15, 0.2) is 0 Å². The first-order valence-corrected chi connectivity index (χ1v) is 9.36. The molecular weight excluding hydrogens is 256 g/mol. The topological polar surface area (TPSA) is 29.3 Å². The Morgan fingerprint density at radius 1 is 1.05 bits per heavy atom. The van der Waals surface area contributed by atoms with Gasteiger partial charge in [-0.15, -0.1) is 0 Å². The molecule has 4 atom stereocenters. The summed E-state index contributed by atoms with van der Waals surface area (Å²) in [5, 5.41) is 0. The number of nitrogens with two attached hydrogens (primary N) is 1. The molecular formula is C19H38N2. The number of nitrogens with zero attached hydrogens (tertiary/aromatic N) is 1. The van der Waals surface area contributed by atoms with Crippen molar-refractivity contribution in [3.8, 4) is 0 Å². The van der Waals surface area contributed by atoms with Gasteiger partial charge in [-0.05, 0) is 68.4 Å². The first kappa shape index (κ1) is 17.3. The normalized spacial score (nSPS) is 34.4. The number of hydrogen-bond donors (Lipinski definition) is 1. The van der Waals surface area contributed by atoms with E-state index in [0.717, 1.165) is 24.3 Å². The first-order valence-electron chi connectivity index (χ1n) is 9.36. The van der Waals surface area contributed by atoms with Crippen LogP contribution in [-0.2, 0) is 0 Å². The number of hydrogen-bond acceptors (Lipinski definition) is 2. The van der Waals surface area contributed by atoms with Crippen LogP contribution in [0.1, 0.15) is 72.6 Å². The molecule has 1 aliphatic carbocycles. The SMILES string of the molecule is CC1CCCC(C(CN)N2CCCC(C(C)(C)C)CC2)C1. The Morgan fingerprint density at radius 2 is 1.81 bits per heavy atom. The van der Waals surface area contributed by atoms with Gasteiger partial charge in [-0.25, -0.2) is 0 Å². The summed E-state index contributed by atoms with van der Waals surface area (Å²) >= 11 is 0. The maximum atomic E-state index is 6.21. The number of likely N-dealkylation sites (tertiary alicyclic amines) is 1. The van der Waals surface area contributed by atoms with Crippen molar-refractivity contribution in [3.05, 3.63) is 0 Å². The van der Waals surface area contributed by atoms with Crippen molar-refractivity contribution in [2.75, 3.05) is 19.6 Å². The molecule has 2 N–H and O–H groups in total. The molecule has 21 heavy (non-hydrogen) atoms. The van der Waals surface area contributed by atoms with Gasteiger partial charge in [0.1, 0.15) is 0 Å². The maximum absolute atomic E-state index is 6.21. The highest BCUT2D eigenvalue weighted by atomic mass is 15.2. The fourth-order valence-electron chi connectivity index (χ4n) is 4.79. The molecule has 124 valence electrons. The largest absolute Gasteiger partial charge is 0.329 e. The highest BCUT2D eigenvalue weighted by molar-refractivity contribution is 4.87. The van der Waals surface area contributed by atoms with E-state index in [4.69, 9.17) is 5.73 Å². The Kier molecular flexibility index (Phi) is 6.14. The summed E-state index contributed by atoms with van der Waals surface area (Å²) in [5.41, 5.74) is 6.68. The summed E-state index contributed by atoms with van der Waals surface area (Å²) in [5.74, 6) is 2.64. The van der Waals surface area contributed by atoms with Crippen LogP contribution in [0.2, 0.25) is 0 Å². The van der Waals surface area contributed by atoms with E-state index >= 15 is 0 Å². The molecule has 0 aromatic heterocycles. The van der Waals surface area contributed by atoms with Gasteiger partial charge >= 0.3 is 0 Å². The molecule has 1 heterocycles. The monoisotopic (exact) mass is 294 g/mol. The molecule has 4 unspecified atom stereocenters. The number of rotatable bonds is 3. The Balaban J connectivity index is 1.95. The van der Waals surface area contributed by atoms with Crippen LogP contribution in [0.5, 0.6) is 0 Å². The quantitative estimate of drug-likeness (QED) is 0.841. The van der Waals surface area contributed by atoms with Crippen molar-refractivity contribution in [2.45, 2.75) is 78.7 Å². The molecule has 2 aliphatic rings. The average Bonchev–Trinajstić information content (AvgIpc) is 2.65. The second-order valence-corrected chi connectivity index (χ2v) is 8.86. The van der Waals surface area contributed by atoms with Gasteiger partial charge in [0.05, 0.1) is 0 Å². The van der Waals surface area contributed by atoms with Crippen LogP contribution >= 0.6 is 0 Å². The molecule has 2 rings (SSSR count). The maximum Gasteiger partial charge on any atom is 0.0246 e. The summed E-state index contributed by atoms with van der Waals surface area (Å²) in [6, 6.07) is 0.645. The Bertz CT molecular complexity index is 307. The van der Waals surface area contributed by atoms with E-state index in [0.29, 0.717) is 11.5 Å². The molecule has 0 aromatic rings. The summed E-state index contributed by atoms with van der Waals surface area (Å²) in [4.78, 5) is 2.76. The van der Waals surface area contributed by atoms with Gasteiger partial charge in [-0.3, -0.25) is 4.90 Å². The minimum absolute atomic E-state index is 0.466. The Morgan fingerprint density at radius 3 is 2.43 bits per heavy atom. The van der Waals surface area contributed by atoms with Crippen LogP contribution in [0.3, 0.4) is 0 Å². The average molecular weight is 295 g/mol. The van der Waals surface area contributed by atoms with E-state index in [2.05, 4.69) is 32.6 Å². The second-order valence-electron chi connectivity index (χ2n) is 8.86. The van der Waals surface area contributed by atoms with Crippen LogP contribution < -0.4 is 5.73 Å². The van der Waals surface area contributed by atoms with Gasteiger partial charge in [0.25, 0.3) is 0 Å². The summed E-state index contributed by atoms with van der Waals surface area (Å²) in [6.45, 7) is 13.1. The predicted octanol–water partition coefficient (Wildman–Crippen LogP) is 4.29. The lowest BCUT2D eigenvalue weighted by molar-refractivity contribution is 0.107. The molecule has 2 heteroatoms. The van der Waals surface area contributed by atoms with Gasteiger partial charge < -0.3 is 5.73 Å².